The molecule has 4 rings (SSSR count). The summed E-state index contributed by atoms with van der Waals surface area (Å²) in [4.78, 5) is 9.56. The van der Waals surface area contributed by atoms with Crippen LogP contribution in [0.25, 0.3) is 11.0 Å². The van der Waals surface area contributed by atoms with Gasteiger partial charge in [-0.2, -0.15) is 5.26 Å². The van der Waals surface area contributed by atoms with Gasteiger partial charge in [0, 0.05) is 23.5 Å². The van der Waals surface area contributed by atoms with E-state index in [1.807, 2.05) is 53.6 Å². The minimum absolute atomic E-state index is 0.485. The number of fused-ring (bicyclic) bond motifs is 1. The molecule has 7 nitrogen and oxygen atoms in total. The molecule has 0 aliphatic heterocycles. The summed E-state index contributed by atoms with van der Waals surface area (Å²) in [6, 6.07) is 17.2. The Morgan fingerprint density at radius 1 is 0.933 bits per heavy atom. The van der Waals surface area contributed by atoms with Crippen LogP contribution < -0.4 is 19.1 Å². The van der Waals surface area contributed by atoms with Gasteiger partial charge in [0.15, 0.2) is 11.5 Å². The number of hydrogen-bond acceptors (Lipinski definition) is 6. The van der Waals surface area contributed by atoms with Gasteiger partial charge >= 0.3 is 0 Å². The van der Waals surface area contributed by atoms with Crippen LogP contribution in [0.15, 0.2) is 60.9 Å². The van der Waals surface area contributed by atoms with Gasteiger partial charge in [-0.15, -0.1) is 0 Å². The Kier molecular flexibility index (Phi) is 5.14. The smallest absolute Gasteiger partial charge is 0.205 e. The van der Waals surface area contributed by atoms with Crippen LogP contribution in [-0.2, 0) is 0 Å². The number of H-pyrrole nitrogens is 1. The summed E-state index contributed by atoms with van der Waals surface area (Å²) < 4.78 is 16.8. The zero-order valence-corrected chi connectivity index (χ0v) is 16.8. The maximum Gasteiger partial charge on any atom is 0.205 e. The zero-order valence-electron chi connectivity index (χ0n) is 16.8. The van der Waals surface area contributed by atoms with Crippen LogP contribution in [0.1, 0.15) is 5.56 Å². The highest BCUT2D eigenvalue weighted by Gasteiger charge is 2.24. The summed E-state index contributed by atoms with van der Waals surface area (Å²) in [5.74, 6) is 1.56. The third-order valence-corrected chi connectivity index (χ3v) is 4.84. The number of nitrogens with one attached hydrogen (secondary N) is 1. The van der Waals surface area contributed by atoms with Crippen LogP contribution >= 0.6 is 0 Å². The van der Waals surface area contributed by atoms with Crippen LogP contribution in [0.5, 0.6) is 17.2 Å². The molecular weight excluding hydrogens is 380 g/mol. The minimum atomic E-state index is 0.485. The summed E-state index contributed by atoms with van der Waals surface area (Å²) in [5, 5.41) is 10.4. The van der Waals surface area contributed by atoms with Crippen molar-refractivity contribution in [2.24, 2.45) is 0 Å². The lowest BCUT2D eigenvalue weighted by Crippen LogP contribution is -2.12. The quantitative estimate of drug-likeness (QED) is 0.494. The summed E-state index contributed by atoms with van der Waals surface area (Å²) in [6.07, 6.45) is 3.58. The molecule has 150 valence electrons. The molecule has 0 amide bonds. The number of hydrogen-bond donors (Lipinski definition) is 1. The first-order valence-corrected chi connectivity index (χ1v) is 9.23. The van der Waals surface area contributed by atoms with Gasteiger partial charge in [0.2, 0.25) is 5.75 Å². The molecule has 0 spiro atoms. The lowest BCUT2D eigenvalue weighted by atomic mass is 10.1. The average molecular weight is 400 g/mol. The van der Waals surface area contributed by atoms with E-state index in [2.05, 4.69) is 16.0 Å². The molecule has 0 aliphatic rings. The Morgan fingerprint density at radius 3 is 2.50 bits per heavy atom. The molecular formula is C23H20N4O3. The Bertz CT molecular complexity index is 1240. The van der Waals surface area contributed by atoms with E-state index in [4.69, 9.17) is 14.2 Å². The summed E-state index contributed by atoms with van der Waals surface area (Å²) in [6.45, 7) is 0. The summed E-state index contributed by atoms with van der Waals surface area (Å²) in [5.41, 5.74) is 3.72. The SMILES string of the molecule is COc1ccc(N(c2cccc(C#N)c2)c2ccnc3[nH]ccc23)c(OC)c1OC. The number of nitriles is 1. The van der Waals surface area contributed by atoms with Crippen LogP contribution in [0.2, 0.25) is 0 Å². The van der Waals surface area contributed by atoms with Crippen molar-refractivity contribution in [3.8, 4) is 23.3 Å². The average Bonchev–Trinajstić information content (AvgIpc) is 3.28. The second-order valence-electron chi connectivity index (χ2n) is 6.42. The predicted molar refractivity (Wildman–Crippen MR) is 115 cm³/mol. The highest BCUT2D eigenvalue weighted by atomic mass is 16.5. The number of benzene rings is 2. The van der Waals surface area contributed by atoms with Gasteiger partial charge in [0.05, 0.1) is 44.3 Å². The highest BCUT2D eigenvalue weighted by molar-refractivity contribution is 5.97. The van der Waals surface area contributed by atoms with E-state index in [0.717, 1.165) is 28.1 Å². The first-order valence-electron chi connectivity index (χ1n) is 9.23. The molecule has 0 unspecified atom stereocenters. The number of pyridine rings is 1. The van der Waals surface area contributed by atoms with E-state index in [0.29, 0.717) is 22.8 Å². The standard InChI is InChI=1S/C23H20N4O3/c1-28-20-8-7-19(21(29-2)22(20)30-3)27(16-6-4-5-15(13-16)14-24)18-10-12-26-23-17(18)9-11-25-23/h4-13H,1-3H3,(H,25,26). The van der Waals surface area contributed by atoms with Gasteiger partial charge in [-0.3, -0.25) is 0 Å². The fourth-order valence-corrected chi connectivity index (χ4v) is 3.53. The lowest BCUT2D eigenvalue weighted by Gasteiger charge is -2.28. The second kappa shape index (κ2) is 8.05. The van der Waals surface area contributed by atoms with Crippen LogP contribution in [-0.4, -0.2) is 31.3 Å². The fourth-order valence-electron chi connectivity index (χ4n) is 3.53. The van der Waals surface area contributed by atoms with E-state index in [1.54, 1.807) is 33.6 Å². The van der Waals surface area contributed by atoms with Crippen molar-refractivity contribution >= 4 is 28.1 Å². The van der Waals surface area contributed by atoms with E-state index < -0.39 is 0 Å². The number of anilines is 3. The third kappa shape index (κ3) is 3.14. The molecule has 4 aromatic rings. The summed E-state index contributed by atoms with van der Waals surface area (Å²) >= 11 is 0. The van der Waals surface area contributed by atoms with Gasteiger partial charge in [-0.1, -0.05) is 6.07 Å². The van der Waals surface area contributed by atoms with Gasteiger partial charge < -0.3 is 24.1 Å². The van der Waals surface area contributed by atoms with Crippen molar-refractivity contribution in [2.45, 2.75) is 0 Å². The van der Waals surface area contributed by atoms with E-state index >= 15 is 0 Å². The molecule has 0 bridgehead atoms. The Hall–Kier alpha value is -4.18. The maximum absolute atomic E-state index is 9.43. The van der Waals surface area contributed by atoms with Crippen molar-refractivity contribution in [3.05, 3.63) is 66.5 Å². The number of rotatable bonds is 6. The van der Waals surface area contributed by atoms with Crippen molar-refractivity contribution in [3.63, 3.8) is 0 Å². The van der Waals surface area contributed by atoms with Crippen molar-refractivity contribution < 1.29 is 14.2 Å². The number of aromatic nitrogens is 2. The fraction of sp³-hybridized carbons (Fsp3) is 0.130. The largest absolute Gasteiger partial charge is 0.493 e. The van der Waals surface area contributed by atoms with Gasteiger partial charge in [-0.25, -0.2) is 4.98 Å². The van der Waals surface area contributed by atoms with Crippen LogP contribution in [0.4, 0.5) is 17.1 Å². The summed E-state index contributed by atoms with van der Waals surface area (Å²) in [7, 11) is 4.74. The molecule has 2 aromatic carbocycles. The predicted octanol–water partition coefficient (Wildman–Crippen LogP) is 4.93. The monoisotopic (exact) mass is 400 g/mol. The lowest BCUT2D eigenvalue weighted by molar-refractivity contribution is 0.325. The highest BCUT2D eigenvalue weighted by Crippen LogP contribution is 2.49. The first kappa shape index (κ1) is 19.2. The molecule has 7 heteroatoms. The van der Waals surface area contributed by atoms with Gasteiger partial charge in [0.1, 0.15) is 5.65 Å². The molecule has 2 heterocycles. The second-order valence-corrected chi connectivity index (χ2v) is 6.42. The molecule has 0 radical (unpaired) electrons. The molecule has 0 atom stereocenters. The molecule has 2 aromatic heterocycles. The molecule has 0 saturated carbocycles. The molecule has 1 N–H and O–H groups in total. The van der Waals surface area contributed by atoms with Crippen molar-refractivity contribution in [1.29, 1.82) is 5.26 Å². The molecule has 0 fully saturated rings. The Labute approximate surface area is 174 Å². The van der Waals surface area contributed by atoms with E-state index in [9.17, 15) is 5.26 Å². The van der Waals surface area contributed by atoms with Crippen LogP contribution in [0.3, 0.4) is 0 Å². The number of aromatic amines is 1. The van der Waals surface area contributed by atoms with Gasteiger partial charge in [0.25, 0.3) is 0 Å². The molecule has 0 aliphatic carbocycles. The topological polar surface area (TPSA) is 83.4 Å². The Balaban J connectivity index is 2.04. The van der Waals surface area contributed by atoms with Gasteiger partial charge in [-0.05, 0) is 42.5 Å². The van der Waals surface area contributed by atoms with Crippen molar-refractivity contribution in [1.82, 2.24) is 9.97 Å². The maximum atomic E-state index is 9.43. The number of nitrogens with zero attached hydrogens (tertiary/aromatic N) is 3. The first-order chi connectivity index (χ1) is 14.7. The van der Waals surface area contributed by atoms with Crippen molar-refractivity contribution in [2.75, 3.05) is 26.2 Å². The molecule has 0 saturated heterocycles. The van der Waals surface area contributed by atoms with E-state index in [-0.39, 0.29) is 0 Å². The normalized spacial score (nSPS) is 10.5. The zero-order chi connectivity index (χ0) is 21.1. The van der Waals surface area contributed by atoms with Crippen LogP contribution in [0, 0.1) is 11.3 Å². The molecule has 30 heavy (non-hydrogen) atoms. The van der Waals surface area contributed by atoms with E-state index in [1.165, 1.54) is 0 Å². The number of methoxy groups -OCH3 is 3. The third-order valence-electron chi connectivity index (χ3n) is 4.84. The minimum Gasteiger partial charge on any atom is -0.493 e. The number of ether oxygens (including phenoxy) is 3. The Morgan fingerprint density at radius 2 is 1.77 bits per heavy atom.